The highest BCUT2D eigenvalue weighted by atomic mass is 19.1. The Bertz CT molecular complexity index is 2120. The van der Waals surface area contributed by atoms with E-state index in [-0.39, 0.29) is 18.3 Å². The van der Waals surface area contributed by atoms with Crippen molar-refractivity contribution in [2.24, 2.45) is 13.0 Å². The number of nitrogens with one attached hydrogen (secondary N) is 2. The molecule has 0 aliphatic heterocycles. The number of hydrogen-bond donors (Lipinski definition) is 2. The molecule has 11 nitrogen and oxygen atoms in total. The second kappa shape index (κ2) is 16.4. The number of ether oxygens (including phenoxy) is 2. The molecule has 54 heavy (non-hydrogen) atoms. The number of aromatic nitrogens is 5. The van der Waals surface area contributed by atoms with Gasteiger partial charge in [-0.25, -0.2) is 19.2 Å². The highest BCUT2D eigenvalue weighted by Gasteiger charge is 2.29. The van der Waals surface area contributed by atoms with Crippen molar-refractivity contribution >= 4 is 23.4 Å². The van der Waals surface area contributed by atoms with Crippen molar-refractivity contribution in [2.75, 3.05) is 16.8 Å². The van der Waals surface area contributed by atoms with Gasteiger partial charge in [0.1, 0.15) is 29.2 Å². The summed E-state index contributed by atoms with van der Waals surface area (Å²) in [6.45, 7) is 12.7. The van der Waals surface area contributed by atoms with Crippen LogP contribution in [0.5, 0.6) is 5.88 Å². The van der Waals surface area contributed by atoms with Crippen molar-refractivity contribution in [3.63, 3.8) is 0 Å². The summed E-state index contributed by atoms with van der Waals surface area (Å²) >= 11 is 0. The van der Waals surface area contributed by atoms with Crippen LogP contribution in [-0.4, -0.2) is 48.5 Å². The molecule has 6 rings (SSSR count). The number of anilines is 2. The van der Waals surface area contributed by atoms with Crippen molar-refractivity contribution in [1.29, 1.82) is 0 Å². The van der Waals surface area contributed by atoms with Gasteiger partial charge in [0.15, 0.2) is 5.65 Å². The Labute approximate surface area is 316 Å². The molecule has 6 aromatic rings. The van der Waals surface area contributed by atoms with E-state index in [0.717, 1.165) is 34.3 Å². The second-order valence-electron chi connectivity index (χ2n) is 14.9. The average Bonchev–Trinajstić information content (AvgIpc) is 3.78. The van der Waals surface area contributed by atoms with Crippen LogP contribution in [0.15, 0.2) is 104 Å². The fraction of sp³-hybridized carbons (Fsp3) is 0.333. The van der Waals surface area contributed by atoms with Crippen LogP contribution in [0.3, 0.4) is 0 Å². The number of rotatable bonds is 14. The Morgan fingerprint density at radius 1 is 0.963 bits per heavy atom. The Morgan fingerprint density at radius 2 is 1.63 bits per heavy atom. The third kappa shape index (κ3) is 9.35. The van der Waals surface area contributed by atoms with Gasteiger partial charge in [0, 0.05) is 49.7 Å². The van der Waals surface area contributed by atoms with Gasteiger partial charge in [-0.3, -0.25) is 0 Å². The van der Waals surface area contributed by atoms with Gasteiger partial charge in [0.2, 0.25) is 5.88 Å². The van der Waals surface area contributed by atoms with E-state index < -0.39 is 29.7 Å². The van der Waals surface area contributed by atoms with Crippen LogP contribution in [0.2, 0.25) is 0 Å². The number of carbonyl (C=O) groups is 1. The van der Waals surface area contributed by atoms with Crippen molar-refractivity contribution in [3.8, 4) is 17.0 Å². The van der Waals surface area contributed by atoms with Gasteiger partial charge in [-0.05, 0) is 56.9 Å². The maximum absolute atomic E-state index is 15.1. The van der Waals surface area contributed by atoms with Crippen LogP contribution >= 0.6 is 0 Å². The molecule has 2 aromatic carbocycles. The Balaban J connectivity index is 1.44. The highest BCUT2D eigenvalue weighted by Crippen LogP contribution is 2.41. The minimum Gasteiger partial charge on any atom is -0.473 e. The molecule has 4 aromatic heterocycles. The molecule has 12 heteroatoms. The van der Waals surface area contributed by atoms with E-state index in [1.807, 2.05) is 71.7 Å². The van der Waals surface area contributed by atoms with Crippen LogP contribution in [-0.2, 0) is 24.9 Å². The standard InChI is InChI=1S/C42H49FN8O3/c1-28(2)37(34-22-33(43)24-44-39(34)53-29(3)23-45-41(52)54-42(4,5)6)48-38-36(32-19-21-49(7)27-32)40(51-35(47-38)18-20-46-51)50(25-30-14-10-8-11-15-30)26-31-16-12-9-13-17-31/h8-22,24,27-29,37H,23,25-26H2,1-7H3,(H,45,52)(H,47,48)/t29-,37+/m0/s1. The summed E-state index contributed by atoms with van der Waals surface area (Å²) in [5.74, 6) is 1.14. The monoisotopic (exact) mass is 732 g/mol. The van der Waals surface area contributed by atoms with Crippen LogP contribution in [0.1, 0.15) is 64.3 Å². The molecule has 0 bridgehead atoms. The first-order valence-corrected chi connectivity index (χ1v) is 18.2. The number of aryl methyl sites for hydroxylation is 1. The molecule has 4 heterocycles. The van der Waals surface area contributed by atoms with Gasteiger partial charge in [0.05, 0.1) is 30.5 Å². The van der Waals surface area contributed by atoms with Crippen LogP contribution in [0, 0.1) is 11.7 Å². The molecule has 0 aliphatic carbocycles. The number of pyridine rings is 1. The Kier molecular flexibility index (Phi) is 11.5. The van der Waals surface area contributed by atoms with E-state index in [1.165, 1.54) is 6.07 Å². The zero-order valence-corrected chi connectivity index (χ0v) is 32.0. The first-order valence-electron chi connectivity index (χ1n) is 18.2. The van der Waals surface area contributed by atoms with Crippen molar-refractivity contribution < 1.29 is 18.7 Å². The molecule has 0 unspecified atom stereocenters. The van der Waals surface area contributed by atoms with Crippen LogP contribution < -0.4 is 20.3 Å². The average molecular weight is 733 g/mol. The lowest BCUT2D eigenvalue weighted by molar-refractivity contribution is 0.0503. The number of alkyl carbamates (subject to hydrolysis) is 1. The molecule has 0 saturated carbocycles. The predicted molar refractivity (Wildman–Crippen MR) is 210 cm³/mol. The zero-order valence-electron chi connectivity index (χ0n) is 32.0. The Hall–Kier alpha value is -5.91. The molecule has 0 spiro atoms. The van der Waals surface area contributed by atoms with Crippen LogP contribution in [0.25, 0.3) is 16.8 Å². The molecule has 282 valence electrons. The molecule has 1 amide bonds. The minimum atomic E-state index is -0.636. The van der Waals surface area contributed by atoms with E-state index in [4.69, 9.17) is 19.6 Å². The zero-order chi connectivity index (χ0) is 38.4. The number of hydrogen-bond acceptors (Lipinski definition) is 8. The molecular formula is C42H49FN8O3. The summed E-state index contributed by atoms with van der Waals surface area (Å²) in [5, 5.41) is 11.3. The van der Waals surface area contributed by atoms with Gasteiger partial charge in [-0.15, -0.1) is 0 Å². The minimum absolute atomic E-state index is 0.0640. The lowest BCUT2D eigenvalue weighted by Gasteiger charge is -2.31. The lowest BCUT2D eigenvalue weighted by atomic mass is 9.96. The first-order chi connectivity index (χ1) is 25.8. The maximum Gasteiger partial charge on any atom is 0.407 e. The molecule has 0 fully saturated rings. The van der Waals surface area contributed by atoms with Gasteiger partial charge in [-0.2, -0.15) is 9.61 Å². The van der Waals surface area contributed by atoms with E-state index >= 15 is 4.39 Å². The predicted octanol–water partition coefficient (Wildman–Crippen LogP) is 8.58. The Morgan fingerprint density at radius 3 is 2.22 bits per heavy atom. The third-order valence-corrected chi connectivity index (χ3v) is 8.75. The number of amides is 1. The molecule has 2 atom stereocenters. The maximum atomic E-state index is 15.1. The van der Waals surface area contributed by atoms with E-state index in [9.17, 15) is 4.79 Å². The van der Waals surface area contributed by atoms with Gasteiger partial charge >= 0.3 is 6.09 Å². The van der Waals surface area contributed by atoms with E-state index in [1.54, 1.807) is 27.0 Å². The summed E-state index contributed by atoms with van der Waals surface area (Å²) in [4.78, 5) is 24.2. The van der Waals surface area contributed by atoms with Gasteiger partial charge in [-0.1, -0.05) is 74.5 Å². The van der Waals surface area contributed by atoms with Crippen molar-refractivity contribution in [2.45, 2.75) is 72.4 Å². The number of nitrogens with zero attached hydrogens (tertiary/aromatic N) is 6. The molecule has 2 N–H and O–H groups in total. The molecule has 0 radical (unpaired) electrons. The highest BCUT2D eigenvalue weighted by molar-refractivity contribution is 5.87. The quantitative estimate of drug-likeness (QED) is 0.115. The van der Waals surface area contributed by atoms with E-state index in [0.29, 0.717) is 30.1 Å². The fourth-order valence-corrected chi connectivity index (χ4v) is 6.34. The van der Waals surface area contributed by atoms with Gasteiger partial charge in [0.25, 0.3) is 0 Å². The number of halogens is 1. The summed E-state index contributed by atoms with van der Waals surface area (Å²) in [6.07, 6.45) is 5.91. The van der Waals surface area contributed by atoms with Crippen molar-refractivity contribution in [1.82, 2.24) is 29.5 Å². The number of fused-ring (bicyclic) bond motifs is 1. The summed E-state index contributed by atoms with van der Waals surface area (Å²) < 4.78 is 30.7. The summed E-state index contributed by atoms with van der Waals surface area (Å²) in [5.41, 5.74) is 4.59. The molecule has 0 saturated heterocycles. The summed E-state index contributed by atoms with van der Waals surface area (Å²) in [6, 6.07) is 25.6. The number of benzene rings is 2. The second-order valence-corrected chi connectivity index (χ2v) is 14.9. The van der Waals surface area contributed by atoms with Crippen LogP contribution in [0.4, 0.5) is 20.8 Å². The smallest absolute Gasteiger partial charge is 0.407 e. The molecular weight excluding hydrogens is 684 g/mol. The van der Waals surface area contributed by atoms with E-state index in [2.05, 4.69) is 70.9 Å². The van der Waals surface area contributed by atoms with Gasteiger partial charge < -0.3 is 29.6 Å². The normalized spacial score (nSPS) is 12.8. The SMILES string of the molecule is CC(C)[C@@H](Nc1nc2ccnn2c(N(Cc2ccccc2)Cc2ccccc2)c1-c1ccn(C)c1)c1cc(F)cnc1O[C@@H](C)CNC(=O)OC(C)(C)C. The third-order valence-electron chi connectivity index (χ3n) is 8.75. The molecule has 0 aliphatic rings. The van der Waals surface area contributed by atoms with Crippen molar-refractivity contribution in [3.05, 3.63) is 126 Å². The number of carbonyl (C=O) groups excluding carboxylic acids is 1. The fourth-order valence-electron chi connectivity index (χ4n) is 6.34. The lowest BCUT2D eigenvalue weighted by Crippen LogP contribution is -2.38. The first kappa shape index (κ1) is 37.8. The topological polar surface area (TPSA) is 111 Å². The largest absolute Gasteiger partial charge is 0.473 e. The summed E-state index contributed by atoms with van der Waals surface area (Å²) in [7, 11) is 1.99.